The third-order valence-electron chi connectivity index (χ3n) is 2.21. The standard InChI is InChI=1S/C12H21N3O4/c1-10-9-14-12(13)15-11(10)19-8-7-18-6-5-17-4-3-16-2/h9H,3-8H2,1-2H3,(H2,13,14,15). The second-order valence-electron chi connectivity index (χ2n) is 3.78. The lowest BCUT2D eigenvalue weighted by Crippen LogP contribution is -2.13. The van der Waals surface area contributed by atoms with Crippen LogP contribution in [0.5, 0.6) is 5.88 Å². The van der Waals surface area contributed by atoms with Gasteiger partial charge >= 0.3 is 0 Å². The molecule has 0 unspecified atom stereocenters. The number of anilines is 1. The zero-order valence-corrected chi connectivity index (χ0v) is 11.4. The number of aryl methyl sites for hydroxylation is 1. The van der Waals surface area contributed by atoms with Gasteiger partial charge in [0, 0.05) is 18.9 Å². The molecule has 108 valence electrons. The van der Waals surface area contributed by atoms with E-state index in [1.54, 1.807) is 13.3 Å². The third-order valence-corrected chi connectivity index (χ3v) is 2.21. The number of ether oxygens (including phenoxy) is 4. The fourth-order valence-corrected chi connectivity index (χ4v) is 1.25. The number of methoxy groups -OCH3 is 1. The highest BCUT2D eigenvalue weighted by Crippen LogP contribution is 2.13. The molecule has 1 aromatic rings. The van der Waals surface area contributed by atoms with Crippen LogP contribution in [0.4, 0.5) is 5.95 Å². The number of hydrogen-bond acceptors (Lipinski definition) is 7. The van der Waals surface area contributed by atoms with Crippen LogP contribution in [0.15, 0.2) is 6.20 Å². The van der Waals surface area contributed by atoms with E-state index in [1.165, 1.54) is 0 Å². The Kier molecular flexibility index (Phi) is 7.80. The SMILES string of the molecule is COCCOCCOCCOc1nc(N)ncc1C. The maximum Gasteiger partial charge on any atom is 0.223 e. The van der Waals surface area contributed by atoms with Crippen molar-refractivity contribution in [3.8, 4) is 5.88 Å². The van der Waals surface area contributed by atoms with Crippen LogP contribution in [0.1, 0.15) is 5.56 Å². The van der Waals surface area contributed by atoms with Crippen LogP contribution in [0.25, 0.3) is 0 Å². The monoisotopic (exact) mass is 271 g/mol. The van der Waals surface area contributed by atoms with Crippen molar-refractivity contribution in [1.82, 2.24) is 9.97 Å². The molecule has 7 nitrogen and oxygen atoms in total. The topological polar surface area (TPSA) is 88.7 Å². The number of nitrogens with two attached hydrogens (primary N) is 1. The van der Waals surface area contributed by atoms with Gasteiger partial charge in [-0.25, -0.2) is 4.98 Å². The summed E-state index contributed by atoms with van der Waals surface area (Å²) in [6.07, 6.45) is 1.63. The minimum atomic E-state index is 0.202. The molecule has 0 aromatic carbocycles. The maximum absolute atomic E-state index is 5.48. The van der Waals surface area contributed by atoms with Crippen molar-refractivity contribution in [2.75, 3.05) is 52.5 Å². The highest BCUT2D eigenvalue weighted by Gasteiger charge is 2.02. The van der Waals surface area contributed by atoms with E-state index in [-0.39, 0.29) is 5.95 Å². The molecule has 0 spiro atoms. The fraction of sp³-hybridized carbons (Fsp3) is 0.667. The molecule has 0 aliphatic carbocycles. The van der Waals surface area contributed by atoms with Gasteiger partial charge in [0.1, 0.15) is 6.61 Å². The summed E-state index contributed by atoms with van der Waals surface area (Å²) in [5.41, 5.74) is 6.32. The molecule has 2 N–H and O–H groups in total. The van der Waals surface area contributed by atoms with Crippen molar-refractivity contribution in [2.45, 2.75) is 6.92 Å². The molecule has 1 rings (SSSR count). The van der Waals surface area contributed by atoms with Crippen molar-refractivity contribution in [1.29, 1.82) is 0 Å². The first-order valence-electron chi connectivity index (χ1n) is 6.10. The first-order chi connectivity index (χ1) is 9.24. The normalized spacial score (nSPS) is 10.6. The summed E-state index contributed by atoms with van der Waals surface area (Å²) in [6, 6.07) is 0. The lowest BCUT2D eigenvalue weighted by atomic mass is 10.4. The average Bonchev–Trinajstić information content (AvgIpc) is 2.40. The Hall–Kier alpha value is -1.44. The highest BCUT2D eigenvalue weighted by atomic mass is 16.6. The molecule has 1 aromatic heterocycles. The Labute approximate surface area is 113 Å². The van der Waals surface area contributed by atoms with Crippen LogP contribution in [0.3, 0.4) is 0 Å². The van der Waals surface area contributed by atoms with Gasteiger partial charge in [0.05, 0.1) is 33.0 Å². The number of rotatable bonds is 10. The summed E-state index contributed by atoms with van der Waals surface area (Å²) < 4.78 is 20.9. The minimum absolute atomic E-state index is 0.202. The second-order valence-corrected chi connectivity index (χ2v) is 3.78. The van der Waals surface area contributed by atoms with Gasteiger partial charge in [-0.2, -0.15) is 4.98 Å². The Morgan fingerprint density at radius 1 is 1.05 bits per heavy atom. The molecule has 0 fully saturated rings. The molecule has 0 bridgehead atoms. The largest absolute Gasteiger partial charge is 0.475 e. The molecule has 0 atom stereocenters. The zero-order valence-electron chi connectivity index (χ0n) is 11.4. The zero-order chi connectivity index (χ0) is 13.9. The lowest BCUT2D eigenvalue weighted by molar-refractivity contribution is 0.0176. The first-order valence-corrected chi connectivity index (χ1v) is 6.10. The van der Waals surface area contributed by atoms with Gasteiger partial charge in [-0.3, -0.25) is 0 Å². The van der Waals surface area contributed by atoms with E-state index in [0.717, 1.165) is 5.56 Å². The van der Waals surface area contributed by atoms with Gasteiger partial charge < -0.3 is 24.7 Å². The summed E-state index contributed by atoms with van der Waals surface area (Å²) >= 11 is 0. The van der Waals surface area contributed by atoms with E-state index in [1.807, 2.05) is 6.92 Å². The fourth-order valence-electron chi connectivity index (χ4n) is 1.25. The molecule has 0 saturated carbocycles. The molecule has 19 heavy (non-hydrogen) atoms. The van der Waals surface area contributed by atoms with E-state index in [9.17, 15) is 0 Å². The van der Waals surface area contributed by atoms with Gasteiger partial charge in [0.15, 0.2) is 0 Å². The van der Waals surface area contributed by atoms with Crippen LogP contribution in [-0.4, -0.2) is 56.7 Å². The molecule has 0 saturated heterocycles. The Morgan fingerprint density at radius 3 is 2.37 bits per heavy atom. The van der Waals surface area contributed by atoms with Gasteiger partial charge in [-0.1, -0.05) is 0 Å². The van der Waals surface area contributed by atoms with Crippen molar-refractivity contribution in [2.24, 2.45) is 0 Å². The predicted octanol–water partition coefficient (Wildman–Crippen LogP) is 0.426. The van der Waals surface area contributed by atoms with Gasteiger partial charge in [0.25, 0.3) is 0 Å². The van der Waals surface area contributed by atoms with Crippen molar-refractivity contribution >= 4 is 5.95 Å². The lowest BCUT2D eigenvalue weighted by Gasteiger charge is -2.08. The van der Waals surface area contributed by atoms with Crippen LogP contribution in [-0.2, 0) is 14.2 Å². The van der Waals surface area contributed by atoms with Crippen LogP contribution in [0, 0.1) is 6.92 Å². The summed E-state index contributed by atoms with van der Waals surface area (Å²) in [5.74, 6) is 0.695. The third kappa shape index (κ3) is 6.90. The van der Waals surface area contributed by atoms with E-state index in [4.69, 9.17) is 24.7 Å². The van der Waals surface area contributed by atoms with Crippen LogP contribution >= 0.6 is 0 Å². The summed E-state index contributed by atoms with van der Waals surface area (Å²) in [5, 5.41) is 0. The first kappa shape index (κ1) is 15.6. The quantitative estimate of drug-likeness (QED) is 0.617. The number of aromatic nitrogens is 2. The summed E-state index contributed by atoms with van der Waals surface area (Å²) in [7, 11) is 1.64. The summed E-state index contributed by atoms with van der Waals surface area (Å²) in [6.45, 7) is 4.99. The Bertz CT molecular complexity index is 363. The second kappa shape index (κ2) is 9.48. The van der Waals surface area contributed by atoms with Gasteiger partial charge in [0.2, 0.25) is 11.8 Å². The molecule has 7 heteroatoms. The van der Waals surface area contributed by atoms with E-state index in [0.29, 0.717) is 45.5 Å². The van der Waals surface area contributed by atoms with E-state index in [2.05, 4.69) is 9.97 Å². The number of nitrogen functional groups attached to an aromatic ring is 1. The molecule has 0 aliphatic rings. The van der Waals surface area contributed by atoms with Gasteiger partial charge in [-0.15, -0.1) is 0 Å². The maximum atomic E-state index is 5.48. The molecule has 1 heterocycles. The average molecular weight is 271 g/mol. The molecule has 0 amide bonds. The smallest absolute Gasteiger partial charge is 0.223 e. The van der Waals surface area contributed by atoms with Crippen LogP contribution in [0.2, 0.25) is 0 Å². The van der Waals surface area contributed by atoms with Gasteiger partial charge in [-0.05, 0) is 6.92 Å². The predicted molar refractivity (Wildman–Crippen MR) is 70.2 cm³/mol. The molecular weight excluding hydrogens is 250 g/mol. The number of hydrogen-bond donors (Lipinski definition) is 1. The van der Waals surface area contributed by atoms with Crippen molar-refractivity contribution < 1.29 is 18.9 Å². The Morgan fingerprint density at radius 2 is 1.68 bits per heavy atom. The molecule has 0 aliphatic heterocycles. The Balaban J connectivity index is 2.03. The summed E-state index contributed by atoms with van der Waals surface area (Å²) in [4.78, 5) is 7.85. The van der Waals surface area contributed by atoms with E-state index < -0.39 is 0 Å². The van der Waals surface area contributed by atoms with E-state index >= 15 is 0 Å². The minimum Gasteiger partial charge on any atom is -0.475 e. The molecular formula is C12H21N3O4. The highest BCUT2D eigenvalue weighted by molar-refractivity contribution is 5.28. The van der Waals surface area contributed by atoms with Crippen molar-refractivity contribution in [3.05, 3.63) is 11.8 Å². The number of nitrogens with zero attached hydrogens (tertiary/aromatic N) is 2. The van der Waals surface area contributed by atoms with Crippen LogP contribution < -0.4 is 10.5 Å². The molecule has 0 radical (unpaired) electrons. The van der Waals surface area contributed by atoms with Crippen molar-refractivity contribution in [3.63, 3.8) is 0 Å².